The van der Waals surface area contributed by atoms with Crippen molar-refractivity contribution in [1.29, 1.82) is 0 Å². The molecule has 0 unspecified atom stereocenters. The lowest BCUT2D eigenvalue weighted by molar-refractivity contribution is -0.121. The normalized spacial score (nSPS) is 12.9. The third kappa shape index (κ3) is 4.56. The number of rotatable bonds is 6. The molecule has 0 aliphatic heterocycles. The number of nitrogens with one attached hydrogen (secondary N) is 2. The molecule has 0 saturated carbocycles. The van der Waals surface area contributed by atoms with Crippen LogP contribution in [0.15, 0.2) is 16.3 Å². The van der Waals surface area contributed by atoms with Gasteiger partial charge in [0.15, 0.2) is 0 Å². The van der Waals surface area contributed by atoms with Crippen molar-refractivity contribution in [2.75, 3.05) is 13.1 Å². The first-order valence-electron chi connectivity index (χ1n) is 5.10. The van der Waals surface area contributed by atoms with Crippen molar-refractivity contribution < 1.29 is 21.6 Å². The molecule has 1 rings (SSSR count). The van der Waals surface area contributed by atoms with Gasteiger partial charge in [0, 0.05) is 11.4 Å². The second-order valence-corrected chi connectivity index (χ2v) is 6.16. The fourth-order valence-corrected chi connectivity index (χ4v) is 3.62. The van der Waals surface area contributed by atoms with Gasteiger partial charge in [-0.3, -0.25) is 0 Å². The van der Waals surface area contributed by atoms with Gasteiger partial charge >= 0.3 is 6.18 Å². The standard InChI is InChI=1S/C9H13F3N2O2S2/c1-2-13-5-7-8(3-4-17-7)18(15,16)14-6-9(10,11)12/h3-4,13-14H,2,5-6H2,1H3. The van der Waals surface area contributed by atoms with E-state index in [9.17, 15) is 21.6 Å². The molecule has 0 saturated heterocycles. The summed E-state index contributed by atoms with van der Waals surface area (Å²) < 4.78 is 60.9. The Hall–Kier alpha value is -0.640. The van der Waals surface area contributed by atoms with Crippen LogP contribution in [0.1, 0.15) is 11.8 Å². The first-order valence-corrected chi connectivity index (χ1v) is 7.46. The number of alkyl halides is 3. The lowest BCUT2D eigenvalue weighted by Gasteiger charge is -2.10. The molecular weight excluding hydrogens is 289 g/mol. The third-order valence-corrected chi connectivity index (χ3v) is 4.53. The number of hydrogen-bond acceptors (Lipinski definition) is 4. The Morgan fingerprint density at radius 1 is 1.39 bits per heavy atom. The summed E-state index contributed by atoms with van der Waals surface area (Å²) in [5.41, 5.74) is 0. The number of thiophene rings is 1. The third-order valence-electron chi connectivity index (χ3n) is 1.99. The maximum Gasteiger partial charge on any atom is 0.402 e. The fourth-order valence-electron chi connectivity index (χ4n) is 1.19. The van der Waals surface area contributed by atoms with Gasteiger partial charge in [-0.05, 0) is 18.0 Å². The van der Waals surface area contributed by atoms with Gasteiger partial charge in [0.2, 0.25) is 10.0 Å². The van der Waals surface area contributed by atoms with E-state index in [0.29, 0.717) is 18.0 Å². The van der Waals surface area contributed by atoms with Crippen LogP contribution in [0.4, 0.5) is 13.2 Å². The fraction of sp³-hybridized carbons (Fsp3) is 0.556. The van der Waals surface area contributed by atoms with Crippen LogP contribution in [0.2, 0.25) is 0 Å². The summed E-state index contributed by atoms with van der Waals surface area (Å²) in [6, 6.07) is 1.30. The van der Waals surface area contributed by atoms with E-state index in [1.807, 2.05) is 6.92 Å². The van der Waals surface area contributed by atoms with E-state index >= 15 is 0 Å². The Bertz CT molecular complexity index is 482. The zero-order valence-corrected chi connectivity index (χ0v) is 11.2. The molecule has 0 aliphatic rings. The number of sulfonamides is 1. The van der Waals surface area contributed by atoms with Crippen LogP contribution < -0.4 is 10.0 Å². The molecule has 1 aromatic heterocycles. The zero-order valence-electron chi connectivity index (χ0n) is 9.54. The highest BCUT2D eigenvalue weighted by Gasteiger charge is 2.30. The van der Waals surface area contributed by atoms with Crippen LogP contribution in [0.5, 0.6) is 0 Å². The molecule has 0 amide bonds. The van der Waals surface area contributed by atoms with Crippen LogP contribution in [-0.2, 0) is 16.6 Å². The van der Waals surface area contributed by atoms with E-state index in [-0.39, 0.29) is 4.90 Å². The molecule has 0 aromatic carbocycles. The highest BCUT2D eigenvalue weighted by Crippen LogP contribution is 2.22. The Morgan fingerprint density at radius 3 is 2.61 bits per heavy atom. The zero-order chi connectivity index (χ0) is 13.8. The Kier molecular flexibility index (Phi) is 5.14. The molecule has 0 spiro atoms. The Balaban J connectivity index is 2.82. The smallest absolute Gasteiger partial charge is 0.312 e. The molecule has 0 bridgehead atoms. The van der Waals surface area contributed by atoms with E-state index in [4.69, 9.17) is 0 Å². The largest absolute Gasteiger partial charge is 0.402 e. The topological polar surface area (TPSA) is 58.2 Å². The Morgan fingerprint density at radius 2 is 2.06 bits per heavy atom. The molecule has 0 atom stereocenters. The van der Waals surface area contributed by atoms with Gasteiger partial charge in [-0.25, -0.2) is 13.1 Å². The summed E-state index contributed by atoms with van der Waals surface area (Å²) in [6.45, 7) is 1.25. The summed E-state index contributed by atoms with van der Waals surface area (Å²) in [6.07, 6.45) is -4.56. The van der Waals surface area contributed by atoms with Gasteiger partial charge in [-0.15, -0.1) is 11.3 Å². The molecule has 0 radical (unpaired) electrons. The minimum atomic E-state index is -4.56. The predicted molar refractivity (Wildman–Crippen MR) is 62.9 cm³/mol. The van der Waals surface area contributed by atoms with Gasteiger partial charge in [-0.1, -0.05) is 6.92 Å². The first kappa shape index (κ1) is 15.4. The highest BCUT2D eigenvalue weighted by molar-refractivity contribution is 7.89. The molecule has 2 N–H and O–H groups in total. The van der Waals surface area contributed by atoms with Crippen molar-refractivity contribution >= 4 is 21.4 Å². The molecule has 9 heteroatoms. The summed E-state index contributed by atoms with van der Waals surface area (Å²) in [5.74, 6) is 0. The average Bonchev–Trinajstić information content (AvgIpc) is 2.72. The number of hydrogen-bond donors (Lipinski definition) is 2. The molecule has 1 heterocycles. The van der Waals surface area contributed by atoms with Crippen LogP contribution >= 0.6 is 11.3 Å². The van der Waals surface area contributed by atoms with E-state index in [1.165, 1.54) is 22.8 Å². The van der Waals surface area contributed by atoms with E-state index in [0.717, 1.165) is 0 Å². The molecule has 0 aliphatic carbocycles. The quantitative estimate of drug-likeness (QED) is 0.841. The van der Waals surface area contributed by atoms with Crippen LogP contribution in [0.25, 0.3) is 0 Å². The SMILES string of the molecule is CCNCc1sccc1S(=O)(=O)NCC(F)(F)F. The summed E-state index contributed by atoms with van der Waals surface area (Å²) in [4.78, 5) is 0.393. The molecular formula is C9H13F3N2O2S2. The summed E-state index contributed by atoms with van der Waals surface area (Å²) in [7, 11) is -4.11. The summed E-state index contributed by atoms with van der Waals surface area (Å²) >= 11 is 1.19. The summed E-state index contributed by atoms with van der Waals surface area (Å²) in [5, 5.41) is 4.47. The second-order valence-electron chi connectivity index (χ2n) is 3.43. The van der Waals surface area contributed by atoms with Gasteiger partial charge in [0.1, 0.15) is 6.54 Å². The highest BCUT2D eigenvalue weighted by atomic mass is 32.2. The number of halogens is 3. The lowest BCUT2D eigenvalue weighted by Crippen LogP contribution is -2.34. The van der Waals surface area contributed by atoms with E-state index in [1.54, 1.807) is 4.72 Å². The van der Waals surface area contributed by atoms with Crippen molar-refractivity contribution in [2.24, 2.45) is 0 Å². The maximum absolute atomic E-state index is 12.0. The molecule has 18 heavy (non-hydrogen) atoms. The van der Waals surface area contributed by atoms with Gasteiger partial charge in [-0.2, -0.15) is 13.2 Å². The maximum atomic E-state index is 12.0. The van der Waals surface area contributed by atoms with Crippen LogP contribution in [-0.4, -0.2) is 27.7 Å². The molecule has 104 valence electrons. The minimum Gasteiger partial charge on any atom is -0.312 e. The predicted octanol–water partition coefficient (Wildman–Crippen LogP) is 1.70. The van der Waals surface area contributed by atoms with Crippen molar-refractivity contribution in [3.63, 3.8) is 0 Å². The van der Waals surface area contributed by atoms with E-state index in [2.05, 4.69) is 5.32 Å². The van der Waals surface area contributed by atoms with Gasteiger partial charge < -0.3 is 5.32 Å². The molecule has 1 aromatic rings. The van der Waals surface area contributed by atoms with Crippen LogP contribution in [0.3, 0.4) is 0 Å². The van der Waals surface area contributed by atoms with Crippen molar-refractivity contribution in [1.82, 2.24) is 10.0 Å². The van der Waals surface area contributed by atoms with Gasteiger partial charge in [0.25, 0.3) is 0 Å². The minimum absolute atomic E-state index is 0.0994. The monoisotopic (exact) mass is 302 g/mol. The molecule has 4 nitrogen and oxygen atoms in total. The van der Waals surface area contributed by atoms with Crippen LogP contribution in [0, 0.1) is 0 Å². The first-order chi connectivity index (χ1) is 8.26. The van der Waals surface area contributed by atoms with Crippen molar-refractivity contribution in [3.8, 4) is 0 Å². The van der Waals surface area contributed by atoms with Crippen molar-refractivity contribution in [3.05, 3.63) is 16.3 Å². The lowest BCUT2D eigenvalue weighted by atomic mass is 10.4. The van der Waals surface area contributed by atoms with Gasteiger partial charge in [0.05, 0.1) is 4.90 Å². The van der Waals surface area contributed by atoms with E-state index < -0.39 is 22.7 Å². The Labute approximate surface area is 107 Å². The molecule has 0 fully saturated rings. The second kappa shape index (κ2) is 6.00. The average molecular weight is 302 g/mol. The van der Waals surface area contributed by atoms with Crippen molar-refractivity contribution in [2.45, 2.75) is 24.5 Å².